The second kappa shape index (κ2) is 8.16. The van der Waals surface area contributed by atoms with E-state index in [1.807, 2.05) is 0 Å². The van der Waals surface area contributed by atoms with Gasteiger partial charge >= 0.3 is 5.97 Å². The van der Waals surface area contributed by atoms with E-state index in [0.717, 1.165) is 28.8 Å². The van der Waals surface area contributed by atoms with Crippen molar-refractivity contribution in [1.29, 1.82) is 0 Å². The van der Waals surface area contributed by atoms with Crippen molar-refractivity contribution in [2.45, 2.75) is 6.92 Å². The third kappa shape index (κ3) is 4.72. The number of benzene rings is 1. The highest BCUT2D eigenvalue weighted by Crippen LogP contribution is 2.28. The van der Waals surface area contributed by atoms with E-state index in [-0.39, 0.29) is 35.5 Å². The summed E-state index contributed by atoms with van der Waals surface area (Å²) in [5, 5.41) is 2.89. The largest absolute Gasteiger partial charge is 0.463 e. The standard InChI is InChI=1S/C15H14ClFN2O4S/c1-2-23-15(22)6-14-19(13(21)8-24-14)7-12(20)18-11-4-3-9(16)5-10(11)17/h3-6H,2,7-8H2,1H3,(H,18,20)/b14-6-. The van der Waals surface area contributed by atoms with Crippen molar-refractivity contribution in [2.24, 2.45) is 0 Å². The molecule has 0 unspecified atom stereocenters. The average Bonchev–Trinajstić information content (AvgIpc) is 2.83. The maximum absolute atomic E-state index is 13.7. The van der Waals surface area contributed by atoms with Crippen LogP contribution in [0, 0.1) is 5.82 Å². The summed E-state index contributed by atoms with van der Waals surface area (Å²) in [7, 11) is 0. The third-order valence-corrected chi connectivity index (χ3v) is 4.21. The van der Waals surface area contributed by atoms with E-state index in [1.54, 1.807) is 6.92 Å². The van der Waals surface area contributed by atoms with Gasteiger partial charge in [-0.2, -0.15) is 0 Å². The fourth-order valence-electron chi connectivity index (χ4n) is 1.91. The summed E-state index contributed by atoms with van der Waals surface area (Å²) >= 11 is 6.78. The van der Waals surface area contributed by atoms with E-state index < -0.39 is 17.7 Å². The van der Waals surface area contributed by atoms with Gasteiger partial charge in [-0.15, -0.1) is 0 Å². The van der Waals surface area contributed by atoms with Crippen molar-refractivity contribution >= 4 is 46.8 Å². The molecule has 1 aliphatic rings. The molecule has 9 heteroatoms. The van der Waals surface area contributed by atoms with Gasteiger partial charge in [0.2, 0.25) is 11.8 Å². The van der Waals surface area contributed by atoms with E-state index >= 15 is 0 Å². The fourth-order valence-corrected chi connectivity index (χ4v) is 3.00. The van der Waals surface area contributed by atoms with E-state index in [9.17, 15) is 18.8 Å². The summed E-state index contributed by atoms with van der Waals surface area (Å²) in [6.07, 6.45) is 1.16. The zero-order valence-electron chi connectivity index (χ0n) is 12.7. The number of anilines is 1. The van der Waals surface area contributed by atoms with Gasteiger partial charge in [0, 0.05) is 5.02 Å². The highest BCUT2D eigenvalue weighted by molar-refractivity contribution is 8.04. The number of thioether (sulfide) groups is 1. The number of hydrogen-bond donors (Lipinski definition) is 1. The van der Waals surface area contributed by atoms with Crippen LogP contribution in [0.2, 0.25) is 5.02 Å². The molecule has 0 atom stereocenters. The zero-order valence-corrected chi connectivity index (χ0v) is 14.2. The van der Waals surface area contributed by atoms with E-state index in [4.69, 9.17) is 16.3 Å². The molecule has 6 nitrogen and oxygen atoms in total. The molecule has 0 aromatic heterocycles. The summed E-state index contributed by atoms with van der Waals surface area (Å²) < 4.78 is 18.5. The molecule has 0 aliphatic carbocycles. The number of esters is 1. The molecule has 1 aliphatic heterocycles. The highest BCUT2D eigenvalue weighted by Gasteiger charge is 2.29. The van der Waals surface area contributed by atoms with Gasteiger partial charge in [0.1, 0.15) is 12.4 Å². The Morgan fingerprint density at radius 1 is 1.50 bits per heavy atom. The molecule has 0 bridgehead atoms. The van der Waals surface area contributed by atoms with E-state index in [2.05, 4.69) is 5.32 Å². The van der Waals surface area contributed by atoms with Crippen LogP contribution in [0.3, 0.4) is 0 Å². The predicted octanol–water partition coefficient (Wildman–Crippen LogP) is 2.40. The second-order valence-corrected chi connectivity index (χ2v) is 6.11. The molecule has 1 fully saturated rings. The molecule has 0 radical (unpaired) electrons. The summed E-state index contributed by atoms with van der Waals surface area (Å²) in [6.45, 7) is 1.53. The van der Waals surface area contributed by atoms with Crippen LogP contribution >= 0.6 is 23.4 Å². The number of rotatable bonds is 5. The third-order valence-electron chi connectivity index (χ3n) is 2.95. The van der Waals surface area contributed by atoms with Gasteiger partial charge in [0.25, 0.3) is 0 Å². The second-order valence-electron chi connectivity index (χ2n) is 4.68. The molecule has 2 amide bonds. The quantitative estimate of drug-likeness (QED) is 0.634. The van der Waals surface area contributed by atoms with Gasteiger partial charge in [-0.1, -0.05) is 23.4 Å². The van der Waals surface area contributed by atoms with Crippen LogP contribution in [0.15, 0.2) is 29.3 Å². The molecule has 0 saturated carbocycles. The van der Waals surface area contributed by atoms with Crippen molar-refractivity contribution in [1.82, 2.24) is 4.90 Å². The van der Waals surface area contributed by atoms with Crippen molar-refractivity contribution < 1.29 is 23.5 Å². The maximum atomic E-state index is 13.7. The maximum Gasteiger partial charge on any atom is 0.333 e. The Balaban J connectivity index is 2.05. The van der Waals surface area contributed by atoms with Crippen molar-refractivity contribution in [3.63, 3.8) is 0 Å². The number of carbonyl (C=O) groups is 3. The first-order valence-electron chi connectivity index (χ1n) is 6.97. The lowest BCUT2D eigenvalue weighted by molar-refractivity contribution is -0.137. The molecular weight excluding hydrogens is 359 g/mol. The van der Waals surface area contributed by atoms with Crippen LogP contribution in [-0.4, -0.2) is 41.6 Å². The minimum absolute atomic E-state index is 0.0420. The lowest BCUT2D eigenvalue weighted by Gasteiger charge is -2.16. The topological polar surface area (TPSA) is 75.7 Å². The van der Waals surface area contributed by atoms with Crippen LogP contribution in [0.5, 0.6) is 0 Å². The predicted molar refractivity (Wildman–Crippen MR) is 88.9 cm³/mol. The molecule has 2 rings (SSSR count). The van der Waals surface area contributed by atoms with Crippen LogP contribution in [-0.2, 0) is 19.1 Å². The first-order valence-corrected chi connectivity index (χ1v) is 8.33. The number of amides is 2. The minimum atomic E-state index is -0.680. The lowest BCUT2D eigenvalue weighted by atomic mass is 10.3. The molecule has 1 N–H and O–H groups in total. The monoisotopic (exact) mass is 372 g/mol. The van der Waals surface area contributed by atoms with Gasteiger partial charge in [-0.05, 0) is 25.1 Å². The average molecular weight is 373 g/mol. The molecule has 1 heterocycles. The van der Waals surface area contributed by atoms with Gasteiger partial charge in [-0.25, -0.2) is 9.18 Å². The molecule has 24 heavy (non-hydrogen) atoms. The molecule has 0 spiro atoms. The minimum Gasteiger partial charge on any atom is -0.463 e. The van der Waals surface area contributed by atoms with Crippen LogP contribution in [0.25, 0.3) is 0 Å². The number of hydrogen-bond acceptors (Lipinski definition) is 5. The number of nitrogens with one attached hydrogen (secondary N) is 1. The Morgan fingerprint density at radius 2 is 2.25 bits per heavy atom. The SMILES string of the molecule is CCOC(=O)/C=C1\SCC(=O)N1CC(=O)Nc1ccc(Cl)cc1F. The Labute approximate surface area is 147 Å². The first-order chi connectivity index (χ1) is 11.4. The van der Waals surface area contributed by atoms with Crippen LogP contribution in [0.1, 0.15) is 6.92 Å². The van der Waals surface area contributed by atoms with Gasteiger partial charge in [0.05, 0.1) is 29.2 Å². The summed E-state index contributed by atoms with van der Waals surface area (Å²) in [5.74, 6) is -2.07. The highest BCUT2D eigenvalue weighted by atomic mass is 35.5. The molecular formula is C15H14ClFN2O4S. The molecule has 1 aromatic rings. The molecule has 1 saturated heterocycles. The zero-order chi connectivity index (χ0) is 17.7. The number of ether oxygens (including phenoxy) is 1. The summed E-state index contributed by atoms with van der Waals surface area (Å²) in [6, 6.07) is 3.83. The van der Waals surface area contributed by atoms with Crippen LogP contribution < -0.4 is 5.32 Å². The summed E-state index contributed by atoms with van der Waals surface area (Å²) in [4.78, 5) is 36.6. The smallest absolute Gasteiger partial charge is 0.333 e. The van der Waals surface area contributed by atoms with Crippen molar-refractivity contribution in [3.8, 4) is 0 Å². The van der Waals surface area contributed by atoms with Gasteiger partial charge in [-0.3, -0.25) is 14.5 Å². The number of carbonyl (C=O) groups excluding carboxylic acids is 3. The normalized spacial score (nSPS) is 15.7. The summed E-state index contributed by atoms with van der Waals surface area (Å²) in [5.41, 5.74) is -0.0420. The number of nitrogens with zero attached hydrogens (tertiary/aromatic N) is 1. The Hall–Kier alpha value is -2.06. The van der Waals surface area contributed by atoms with E-state index in [1.165, 1.54) is 12.1 Å². The number of halogens is 2. The van der Waals surface area contributed by atoms with E-state index in [0.29, 0.717) is 5.03 Å². The molecule has 128 valence electrons. The van der Waals surface area contributed by atoms with Crippen LogP contribution in [0.4, 0.5) is 10.1 Å². The fraction of sp³-hybridized carbons (Fsp3) is 0.267. The Kier molecular flexibility index (Phi) is 6.22. The lowest BCUT2D eigenvalue weighted by Crippen LogP contribution is -2.34. The van der Waals surface area contributed by atoms with Crippen molar-refractivity contribution in [2.75, 3.05) is 24.2 Å². The molecule has 1 aromatic carbocycles. The Bertz CT molecular complexity index is 711. The van der Waals surface area contributed by atoms with Crippen molar-refractivity contribution in [3.05, 3.63) is 40.1 Å². The first kappa shape index (κ1) is 18.3. The van der Waals surface area contributed by atoms with Gasteiger partial charge < -0.3 is 10.1 Å². The Morgan fingerprint density at radius 3 is 2.92 bits per heavy atom. The van der Waals surface area contributed by atoms with Gasteiger partial charge in [0.15, 0.2) is 0 Å².